The van der Waals surface area contributed by atoms with Gasteiger partial charge in [0.15, 0.2) is 0 Å². The number of carbonyl (C=O) groups is 2. The van der Waals surface area contributed by atoms with Crippen LogP contribution in [-0.4, -0.2) is 32.0 Å². The van der Waals surface area contributed by atoms with Crippen LogP contribution in [0, 0.1) is 6.92 Å². The minimum absolute atomic E-state index is 0.0869. The lowest BCUT2D eigenvalue weighted by atomic mass is 10.1. The van der Waals surface area contributed by atoms with Gasteiger partial charge in [0, 0.05) is 32.2 Å². The smallest absolute Gasteiger partial charge is 0.253 e. The molecule has 1 rings (SSSR count). The molecule has 0 aromatic heterocycles. The fraction of sp³-hybridized carbons (Fsp3) is 0.429. The Hall–Kier alpha value is -2.04. The first-order chi connectivity index (χ1) is 9.08. The number of amides is 2. The molecule has 0 heterocycles. The van der Waals surface area contributed by atoms with Crippen LogP contribution >= 0.6 is 0 Å². The second kappa shape index (κ2) is 7.41. The molecule has 0 aliphatic carbocycles. The normalized spacial score (nSPS) is 9.84. The van der Waals surface area contributed by atoms with Crippen molar-refractivity contribution in [2.24, 2.45) is 0 Å². The molecule has 0 aliphatic rings. The van der Waals surface area contributed by atoms with E-state index in [0.29, 0.717) is 12.1 Å². The van der Waals surface area contributed by atoms with Gasteiger partial charge in [-0.15, -0.1) is 0 Å². The van der Waals surface area contributed by atoms with Gasteiger partial charge in [-0.2, -0.15) is 0 Å². The number of anilines is 1. The molecule has 0 saturated heterocycles. The summed E-state index contributed by atoms with van der Waals surface area (Å²) in [5.41, 5.74) is 2.52. The predicted molar refractivity (Wildman–Crippen MR) is 76.4 cm³/mol. The topological polar surface area (TPSA) is 70.2 Å². The molecular formula is C14H21N3O2. The van der Waals surface area contributed by atoms with Crippen LogP contribution in [-0.2, 0) is 4.79 Å². The Labute approximate surface area is 113 Å². The highest BCUT2D eigenvalue weighted by Crippen LogP contribution is 2.17. The van der Waals surface area contributed by atoms with Crippen molar-refractivity contribution in [3.8, 4) is 0 Å². The number of nitrogens with one attached hydrogen (secondary N) is 3. The minimum Gasteiger partial charge on any atom is -0.385 e. The number of rotatable bonds is 6. The molecule has 5 nitrogen and oxygen atoms in total. The van der Waals surface area contributed by atoms with E-state index in [1.54, 1.807) is 13.1 Å². The SMILES string of the molecule is CCNc1cc(C)ccc1C(=O)NCCC(=O)NC. The van der Waals surface area contributed by atoms with Crippen LogP contribution in [0.3, 0.4) is 0 Å². The van der Waals surface area contributed by atoms with Crippen molar-refractivity contribution in [2.75, 3.05) is 25.5 Å². The number of hydrogen-bond donors (Lipinski definition) is 3. The molecule has 104 valence electrons. The minimum atomic E-state index is -0.167. The number of aryl methyl sites for hydroxylation is 1. The zero-order valence-electron chi connectivity index (χ0n) is 11.7. The van der Waals surface area contributed by atoms with Gasteiger partial charge in [-0.25, -0.2) is 0 Å². The number of benzene rings is 1. The van der Waals surface area contributed by atoms with Crippen molar-refractivity contribution >= 4 is 17.5 Å². The summed E-state index contributed by atoms with van der Waals surface area (Å²) in [5.74, 6) is -0.254. The fourth-order valence-corrected chi connectivity index (χ4v) is 1.70. The van der Waals surface area contributed by atoms with Crippen LogP contribution in [0.2, 0.25) is 0 Å². The van der Waals surface area contributed by atoms with Crippen LogP contribution < -0.4 is 16.0 Å². The van der Waals surface area contributed by atoms with E-state index in [4.69, 9.17) is 0 Å². The first-order valence-corrected chi connectivity index (χ1v) is 6.41. The molecule has 1 aromatic carbocycles. The van der Waals surface area contributed by atoms with Gasteiger partial charge in [-0.05, 0) is 31.5 Å². The molecule has 0 atom stereocenters. The maximum atomic E-state index is 12.0. The van der Waals surface area contributed by atoms with Crippen LogP contribution in [0.5, 0.6) is 0 Å². The summed E-state index contributed by atoms with van der Waals surface area (Å²) in [7, 11) is 1.58. The Morgan fingerprint density at radius 3 is 2.63 bits per heavy atom. The lowest BCUT2D eigenvalue weighted by molar-refractivity contribution is -0.120. The molecule has 1 aromatic rings. The largest absolute Gasteiger partial charge is 0.385 e. The summed E-state index contributed by atoms with van der Waals surface area (Å²) in [6.07, 6.45) is 0.282. The van der Waals surface area contributed by atoms with Gasteiger partial charge in [-0.3, -0.25) is 9.59 Å². The first kappa shape index (κ1) is 15.0. The molecule has 3 N–H and O–H groups in total. The Morgan fingerprint density at radius 2 is 2.00 bits per heavy atom. The average Bonchev–Trinajstić information content (AvgIpc) is 2.38. The van der Waals surface area contributed by atoms with Gasteiger partial charge in [0.1, 0.15) is 0 Å². The van der Waals surface area contributed by atoms with Crippen LogP contribution in [0.25, 0.3) is 0 Å². The van der Waals surface area contributed by atoms with Crippen molar-refractivity contribution in [1.29, 1.82) is 0 Å². The van der Waals surface area contributed by atoms with Gasteiger partial charge < -0.3 is 16.0 Å². The summed E-state index contributed by atoms with van der Waals surface area (Å²) < 4.78 is 0. The molecule has 5 heteroatoms. The average molecular weight is 263 g/mol. The fourth-order valence-electron chi connectivity index (χ4n) is 1.70. The number of hydrogen-bond acceptors (Lipinski definition) is 3. The zero-order chi connectivity index (χ0) is 14.3. The third-order valence-electron chi connectivity index (χ3n) is 2.70. The molecule has 2 amide bonds. The highest BCUT2D eigenvalue weighted by molar-refractivity contribution is 5.99. The van der Waals surface area contributed by atoms with Crippen LogP contribution in [0.15, 0.2) is 18.2 Å². The highest BCUT2D eigenvalue weighted by atomic mass is 16.2. The Balaban J connectivity index is 2.68. The van der Waals surface area contributed by atoms with Gasteiger partial charge in [0.05, 0.1) is 5.56 Å². The summed E-state index contributed by atoms with van der Waals surface area (Å²) in [4.78, 5) is 23.1. The van der Waals surface area contributed by atoms with Crippen molar-refractivity contribution in [2.45, 2.75) is 20.3 Å². The maximum Gasteiger partial charge on any atom is 0.253 e. The van der Waals surface area contributed by atoms with Crippen LogP contribution in [0.4, 0.5) is 5.69 Å². The standard InChI is InChI=1S/C14H21N3O2/c1-4-16-12-9-10(2)5-6-11(12)14(19)17-8-7-13(18)15-3/h5-6,9,16H,4,7-8H2,1-3H3,(H,15,18)(H,17,19). The van der Waals surface area contributed by atoms with E-state index in [9.17, 15) is 9.59 Å². The van der Waals surface area contributed by atoms with Gasteiger partial charge in [-0.1, -0.05) is 6.07 Å². The second-order valence-electron chi connectivity index (χ2n) is 4.26. The molecule has 0 aliphatic heterocycles. The van der Waals surface area contributed by atoms with Gasteiger partial charge in [0.25, 0.3) is 5.91 Å². The summed E-state index contributed by atoms with van der Waals surface area (Å²) in [5, 5.41) is 8.43. The molecule has 0 unspecified atom stereocenters. The zero-order valence-corrected chi connectivity index (χ0v) is 11.7. The molecule has 0 fully saturated rings. The first-order valence-electron chi connectivity index (χ1n) is 6.41. The summed E-state index contributed by atoms with van der Waals surface area (Å²) in [6.45, 7) is 5.05. The lowest BCUT2D eigenvalue weighted by Crippen LogP contribution is -2.29. The Kier molecular flexibility index (Phi) is 5.85. The molecule has 0 bridgehead atoms. The number of carbonyl (C=O) groups excluding carboxylic acids is 2. The van der Waals surface area contributed by atoms with Gasteiger partial charge >= 0.3 is 0 Å². The Morgan fingerprint density at radius 1 is 1.26 bits per heavy atom. The van der Waals surface area contributed by atoms with Crippen molar-refractivity contribution in [1.82, 2.24) is 10.6 Å². The van der Waals surface area contributed by atoms with E-state index < -0.39 is 0 Å². The molecular weight excluding hydrogens is 242 g/mol. The Bertz CT molecular complexity index is 458. The van der Waals surface area contributed by atoms with E-state index in [1.807, 2.05) is 26.0 Å². The van der Waals surface area contributed by atoms with E-state index in [0.717, 1.165) is 17.8 Å². The molecule has 19 heavy (non-hydrogen) atoms. The van der Waals surface area contributed by atoms with E-state index >= 15 is 0 Å². The van der Waals surface area contributed by atoms with E-state index in [2.05, 4.69) is 16.0 Å². The van der Waals surface area contributed by atoms with Crippen LogP contribution in [0.1, 0.15) is 29.3 Å². The van der Waals surface area contributed by atoms with E-state index in [-0.39, 0.29) is 18.2 Å². The third kappa shape index (κ3) is 4.62. The van der Waals surface area contributed by atoms with E-state index in [1.165, 1.54) is 0 Å². The second-order valence-corrected chi connectivity index (χ2v) is 4.26. The summed E-state index contributed by atoms with van der Waals surface area (Å²) in [6, 6.07) is 5.63. The highest BCUT2D eigenvalue weighted by Gasteiger charge is 2.11. The summed E-state index contributed by atoms with van der Waals surface area (Å²) >= 11 is 0. The lowest BCUT2D eigenvalue weighted by Gasteiger charge is -2.12. The maximum absolute atomic E-state index is 12.0. The molecule has 0 saturated carbocycles. The molecule has 0 spiro atoms. The quantitative estimate of drug-likeness (QED) is 0.724. The third-order valence-corrected chi connectivity index (χ3v) is 2.70. The van der Waals surface area contributed by atoms with Crippen molar-refractivity contribution in [3.05, 3.63) is 29.3 Å². The monoisotopic (exact) mass is 263 g/mol. The van der Waals surface area contributed by atoms with Gasteiger partial charge in [0.2, 0.25) is 5.91 Å². The van der Waals surface area contributed by atoms with Crippen molar-refractivity contribution in [3.63, 3.8) is 0 Å². The predicted octanol–water partition coefficient (Wildman–Crippen LogP) is 1.29. The molecule has 0 radical (unpaired) electrons. The van der Waals surface area contributed by atoms with Crippen molar-refractivity contribution < 1.29 is 9.59 Å².